The Morgan fingerprint density at radius 3 is 1.08 bits per heavy atom. The highest BCUT2D eigenvalue weighted by atomic mass is 19.3. The highest BCUT2D eigenvalue weighted by molar-refractivity contribution is 5.84. The van der Waals surface area contributed by atoms with Crippen molar-refractivity contribution in [2.45, 2.75) is 52.3 Å². The van der Waals surface area contributed by atoms with E-state index in [1.165, 1.54) is 0 Å². The molecule has 2 saturated carbocycles. The number of carbonyl (C=O) groups excluding carboxylic acids is 3. The molecular weight excluding hydrogens is 571 g/mol. The lowest BCUT2D eigenvalue weighted by Crippen LogP contribution is -3.03. The van der Waals surface area contributed by atoms with E-state index in [4.69, 9.17) is 0 Å². The second-order valence-electron chi connectivity index (χ2n) is 7.64. The van der Waals surface area contributed by atoms with Gasteiger partial charge in [-0.3, -0.25) is 0 Å². The van der Waals surface area contributed by atoms with Crippen LogP contribution in [0.3, 0.4) is 0 Å². The number of hydrogen-bond donors (Lipinski definition) is 0. The first-order chi connectivity index (χ1) is 16.9. The molecule has 2 aliphatic rings. The fourth-order valence-electron chi connectivity index (χ4n) is 4.08. The number of alkyl halides is 13. The number of ether oxygens (including phenoxy) is 3. The minimum atomic E-state index is -7.68. The molecule has 0 amide bonds. The molecule has 0 radical (unpaired) electrons. The van der Waals surface area contributed by atoms with Gasteiger partial charge in [0.1, 0.15) is 6.67 Å². The minimum absolute atomic E-state index is 0.474. The van der Waals surface area contributed by atoms with Gasteiger partial charge in [-0.15, -0.1) is 0 Å². The number of carbonyl (C=O) groups is 3. The third kappa shape index (κ3) is 2.69. The van der Waals surface area contributed by atoms with Gasteiger partial charge in [-0.05, 0) is 0 Å². The predicted molar refractivity (Wildman–Crippen MR) is 92.7 cm³/mol. The van der Waals surface area contributed by atoms with E-state index < -0.39 is 95.1 Å². The maximum Gasteiger partial charge on any atom is 0.386 e. The molecule has 2 fully saturated rings. The number of halogens is 13. The van der Waals surface area contributed by atoms with Crippen molar-refractivity contribution >= 4 is 17.9 Å². The van der Waals surface area contributed by atoms with Gasteiger partial charge in [-0.1, -0.05) is 19.7 Å². The minimum Gasteiger partial charge on any atom is -0.436 e. The third-order valence-electron chi connectivity index (χ3n) is 5.89. The van der Waals surface area contributed by atoms with Crippen LogP contribution in [0.15, 0.2) is 38.0 Å². The van der Waals surface area contributed by atoms with Crippen molar-refractivity contribution < 1.29 is 85.7 Å². The highest BCUT2D eigenvalue weighted by Gasteiger charge is 3.16. The predicted octanol–water partition coefficient (Wildman–Crippen LogP) is 4.20. The van der Waals surface area contributed by atoms with Crippen molar-refractivity contribution in [2.24, 2.45) is 0 Å². The molecule has 2 rings (SSSR count). The van der Waals surface area contributed by atoms with Crippen LogP contribution in [-0.4, -0.2) is 76.9 Å². The second kappa shape index (κ2) is 8.11. The molecule has 2 aliphatic carbocycles. The molecule has 0 spiro atoms. The summed E-state index contributed by atoms with van der Waals surface area (Å²) in [6, 6.07) is 0. The van der Waals surface area contributed by atoms with Gasteiger partial charge in [0, 0.05) is 18.2 Å². The summed E-state index contributed by atoms with van der Waals surface area (Å²) >= 11 is 0. The second-order valence-corrected chi connectivity index (χ2v) is 7.64. The molecule has 2 bridgehead atoms. The van der Waals surface area contributed by atoms with Crippen molar-refractivity contribution in [1.82, 2.24) is 0 Å². The summed E-state index contributed by atoms with van der Waals surface area (Å²) in [5, 5.41) is 0. The van der Waals surface area contributed by atoms with E-state index in [0.29, 0.717) is 0 Å². The van der Waals surface area contributed by atoms with E-state index in [1.54, 1.807) is 0 Å². The maximum atomic E-state index is 15.7. The molecule has 0 aliphatic heterocycles. The van der Waals surface area contributed by atoms with Gasteiger partial charge in [0.25, 0.3) is 5.67 Å². The molecular formula is C19H11F13O6. The Morgan fingerprint density at radius 2 is 0.816 bits per heavy atom. The molecule has 214 valence electrons. The lowest BCUT2D eigenvalue weighted by molar-refractivity contribution is -0.576. The Labute approximate surface area is 201 Å². The van der Waals surface area contributed by atoms with Crippen LogP contribution >= 0.6 is 0 Å². The van der Waals surface area contributed by atoms with Gasteiger partial charge < -0.3 is 14.2 Å². The third-order valence-corrected chi connectivity index (χ3v) is 5.89. The van der Waals surface area contributed by atoms with Gasteiger partial charge in [0.05, 0.1) is 0 Å². The van der Waals surface area contributed by atoms with Crippen molar-refractivity contribution in [1.29, 1.82) is 0 Å². The van der Waals surface area contributed by atoms with Gasteiger partial charge in [0.15, 0.2) is 0 Å². The van der Waals surface area contributed by atoms with Crippen molar-refractivity contribution in [2.75, 3.05) is 6.67 Å². The number of fused-ring (bicyclic) bond motifs is 2. The highest BCUT2D eigenvalue weighted by Crippen LogP contribution is 2.80. The van der Waals surface area contributed by atoms with Gasteiger partial charge in [0.2, 0.25) is 0 Å². The average molecular weight is 582 g/mol. The lowest BCUT2D eigenvalue weighted by Gasteiger charge is -2.68. The Bertz CT molecular complexity index is 1040. The summed E-state index contributed by atoms with van der Waals surface area (Å²) in [6.45, 7) is 3.12. The van der Waals surface area contributed by atoms with E-state index in [2.05, 4.69) is 33.9 Å². The van der Waals surface area contributed by atoms with Crippen LogP contribution < -0.4 is 0 Å². The number of esters is 3. The van der Waals surface area contributed by atoms with Crippen molar-refractivity contribution in [3.05, 3.63) is 38.0 Å². The monoisotopic (exact) mass is 582 g/mol. The number of hydrogen-bond acceptors (Lipinski definition) is 6. The van der Waals surface area contributed by atoms with Crippen molar-refractivity contribution in [3.8, 4) is 0 Å². The molecule has 0 aromatic rings. The summed E-state index contributed by atoms with van der Waals surface area (Å²) in [4.78, 5) is 34.7. The Kier molecular flexibility index (Phi) is 6.60. The molecule has 0 heterocycles. The maximum absolute atomic E-state index is 15.7. The fourth-order valence-corrected chi connectivity index (χ4v) is 4.08. The average Bonchev–Trinajstić information content (AvgIpc) is 2.81. The van der Waals surface area contributed by atoms with E-state index >= 15 is 52.7 Å². The molecule has 19 heteroatoms. The summed E-state index contributed by atoms with van der Waals surface area (Å²) in [5.74, 6) is -54.3. The fraction of sp³-hybridized carbons (Fsp3) is 0.526. The van der Waals surface area contributed by atoms with E-state index in [9.17, 15) is 18.8 Å². The zero-order chi connectivity index (χ0) is 30.2. The SMILES string of the molecule is C=CC(=O)OC1(F)C(F)(F)C2(OC(=O)C=C)C(F)(F)C(F)(CF)C(F)(F)C(OC(=O)C=C)(C1(F)F)C2(F)F. The van der Waals surface area contributed by atoms with Gasteiger partial charge in [-0.2, -0.15) is 48.3 Å². The summed E-state index contributed by atoms with van der Waals surface area (Å²) < 4.78 is 208. The molecule has 2 unspecified atom stereocenters. The topological polar surface area (TPSA) is 78.9 Å². The Hall–Kier alpha value is -3.28. The smallest absolute Gasteiger partial charge is 0.386 e. The molecule has 0 N–H and O–H groups in total. The van der Waals surface area contributed by atoms with Crippen LogP contribution in [0.4, 0.5) is 57.1 Å². The number of rotatable bonds is 7. The zero-order valence-corrected chi connectivity index (χ0v) is 17.9. The lowest BCUT2D eigenvalue weighted by atomic mass is 9.50. The van der Waals surface area contributed by atoms with Crippen LogP contribution in [0, 0.1) is 0 Å². The first-order valence-corrected chi connectivity index (χ1v) is 9.32. The first-order valence-electron chi connectivity index (χ1n) is 9.32. The van der Waals surface area contributed by atoms with Crippen molar-refractivity contribution in [3.63, 3.8) is 0 Å². The Balaban J connectivity index is 3.46. The molecule has 0 aromatic heterocycles. The Morgan fingerprint density at radius 1 is 0.526 bits per heavy atom. The molecule has 6 nitrogen and oxygen atoms in total. The van der Waals surface area contributed by atoms with E-state index in [-0.39, 0.29) is 0 Å². The molecule has 38 heavy (non-hydrogen) atoms. The summed E-state index contributed by atoms with van der Waals surface area (Å²) in [7, 11) is 0. The van der Waals surface area contributed by atoms with Crippen LogP contribution in [0.2, 0.25) is 0 Å². The van der Waals surface area contributed by atoms with Crippen LogP contribution in [-0.2, 0) is 28.6 Å². The van der Waals surface area contributed by atoms with E-state index in [1.807, 2.05) is 0 Å². The van der Waals surface area contributed by atoms with Crippen LogP contribution in [0.5, 0.6) is 0 Å². The molecule has 2 atom stereocenters. The summed E-state index contributed by atoms with van der Waals surface area (Å²) in [5.41, 5.74) is -21.6. The standard InChI is InChI=1S/C19H11F13O6/c1-4-8(33)36-12-14(22,23)11(21,7-20)15(24,25)13(16(12,26)27,37-9(34)5-2)18(30,31)19(32,17(12,28)29)38-10(35)6-3/h4-6H,1-3,7H2. The quantitative estimate of drug-likeness (QED) is 0.194. The van der Waals surface area contributed by atoms with Crippen LogP contribution in [0.25, 0.3) is 0 Å². The first kappa shape index (κ1) is 30.9. The zero-order valence-electron chi connectivity index (χ0n) is 17.9. The molecule has 0 aromatic carbocycles. The molecule has 0 saturated heterocycles. The van der Waals surface area contributed by atoms with Gasteiger partial charge in [-0.25, -0.2) is 23.2 Å². The van der Waals surface area contributed by atoms with Gasteiger partial charge >= 0.3 is 64.6 Å². The van der Waals surface area contributed by atoms with E-state index in [0.717, 1.165) is 0 Å². The largest absolute Gasteiger partial charge is 0.436 e. The normalized spacial score (nSPS) is 37.2. The van der Waals surface area contributed by atoms with Crippen LogP contribution in [0.1, 0.15) is 0 Å². The summed E-state index contributed by atoms with van der Waals surface area (Å²) in [6.07, 6.45) is -1.59.